The molecule has 1 heteroatoms. The summed E-state index contributed by atoms with van der Waals surface area (Å²) >= 11 is 0. The molecule has 14 heavy (non-hydrogen) atoms. The van der Waals surface area contributed by atoms with Crippen molar-refractivity contribution in [2.75, 3.05) is 0 Å². The molecule has 1 aliphatic heterocycles. The molecule has 1 saturated heterocycles. The predicted molar refractivity (Wildman–Crippen MR) is 66.1 cm³/mol. The number of hydrogen-bond donors (Lipinski definition) is 0. The SMILES string of the molecule is CCCCC1C=CC([Si]2(C)CCC2)=C1. The van der Waals surface area contributed by atoms with E-state index in [1.165, 1.54) is 25.7 Å². The number of unbranched alkanes of at least 4 members (excludes halogenated alkanes) is 1. The third-order valence-corrected chi connectivity index (χ3v) is 8.60. The zero-order valence-corrected chi connectivity index (χ0v) is 10.6. The van der Waals surface area contributed by atoms with E-state index in [0.717, 1.165) is 5.92 Å². The van der Waals surface area contributed by atoms with Crippen molar-refractivity contribution < 1.29 is 0 Å². The first kappa shape index (κ1) is 10.2. The fraction of sp³-hybridized carbons (Fsp3) is 0.692. The van der Waals surface area contributed by atoms with Gasteiger partial charge in [-0.15, -0.1) is 0 Å². The molecule has 2 rings (SSSR count). The van der Waals surface area contributed by atoms with E-state index in [9.17, 15) is 0 Å². The Hall–Kier alpha value is -0.303. The highest BCUT2D eigenvalue weighted by Gasteiger charge is 2.37. The van der Waals surface area contributed by atoms with E-state index in [4.69, 9.17) is 0 Å². The molecule has 0 spiro atoms. The van der Waals surface area contributed by atoms with Crippen molar-refractivity contribution >= 4 is 8.07 Å². The molecule has 0 aromatic heterocycles. The lowest BCUT2D eigenvalue weighted by Crippen LogP contribution is -2.39. The van der Waals surface area contributed by atoms with E-state index in [0.29, 0.717) is 0 Å². The number of hydrogen-bond acceptors (Lipinski definition) is 0. The Kier molecular flexibility index (Phi) is 2.96. The minimum absolute atomic E-state index is 0.787. The van der Waals surface area contributed by atoms with Crippen LogP contribution in [-0.2, 0) is 0 Å². The Balaban J connectivity index is 1.93. The third kappa shape index (κ3) is 1.88. The molecule has 0 N–H and O–H groups in total. The molecule has 0 amide bonds. The van der Waals surface area contributed by atoms with E-state index in [1.807, 2.05) is 0 Å². The second kappa shape index (κ2) is 4.06. The van der Waals surface area contributed by atoms with Crippen molar-refractivity contribution in [3.63, 3.8) is 0 Å². The molecule has 1 unspecified atom stereocenters. The van der Waals surface area contributed by atoms with Gasteiger partial charge in [-0.05, 0) is 12.3 Å². The summed E-state index contributed by atoms with van der Waals surface area (Å²) in [5.41, 5.74) is 0. The summed E-state index contributed by atoms with van der Waals surface area (Å²) in [7, 11) is -0.870. The van der Waals surface area contributed by atoms with Gasteiger partial charge in [0.2, 0.25) is 0 Å². The number of allylic oxidation sites excluding steroid dienone is 4. The largest absolute Gasteiger partial charge is 0.0832 e. The van der Waals surface area contributed by atoms with Crippen molar-refractivity contribution in [2.24, 2.45) is 5.92 Å². The van der Waals surface area contributed by atoms with Crippen LogP contribution in [-0.4, -0.2) is 8.07 Å². The topological polar surface area (TPSA) is 0 Å². The first-order chi connectivity index (χ1) is 6.74. The van der Waals surface area contributed by atoms with Gasteiger partial charge in [0.15, 0.2) is 0 Å². The van der Waals surface area contributed by atoms with Crippen LogP contribution < -0.4 is 0 Å². The van der Waals surface area contributed by atoms with Gasteiger partial charge in [0.25, 0.3) is 0 Å². The first-order valence-electron chi connectivity index (χ1n) is 6.15. The molecule has 0 aromatic rings. The summed E-state index contributed by atoms with van der Waals surface area (Å²) in [4.78, 5) is 0. The molecule has 0 radical (unpaired) electrons. The van der Waals surface area contributed by atoms with Crippen LogP contribution in [0, 0.1) is 5.92 Å². The number of rotatable bonds is 4. The van der Waals surface area contributed by atoms with Crippen LogP contribution in [0.5, 0.6) is 0 Å². The lowest BCUT2D eigenvalue weighted by atomic mass is 10.0. The molecule has 0 saturated carbocycles. The molecule has 1 atom stereocenters. The van der Waals surface area contributed by atoms with Gasteiger partial charge in [0, 0.05) is 0 Å². The molecule has 1 heterocycles. The fourth-order valence-electron chi connectivity index (χ4n) is 2.59. The van der Waals surface area contributed by atoms with Crippen LogP contribution in [0.25, 0.3) is 0 Å². The summed E-state index contributed by atoms with van der Waals surface area (Å²) in [6.07, 6.45) is 13.1. The summed E-state index contributed by atoms with van der Waals surface area (Å²) in [6.45, 7) is 4.85. The van der Waals surface area contributed by atoms with Crippen molar-refractivity contribution in [2.45, 2.75) is 51.2 Å². The van der Waals surface area contributed by atoms with Crippen LogP contribution in [0.3, 0.4) is 0 Å². The average Bonchev–Trinajstić information content (AvgIpc) is 2.59. The van der Waals surface area contributed by atoms with Gasteiger partial charge < -0.3 is 0 Å². The minimum atomic E-state index is -0.870. The molecule has 78 valence electrons. The second-order valence-electron chi connectivity index (χ2n) is 5.20. The van der Waals surface area contributed by atoms with E-state index in [2.05, 4.69) is 31.7 Å². The lowest BCUT2D eigenvalue weighted by Gasteiger charge is -2.37. The minimum Gasteiger partial charge on any atom is -0.0784 e. The summed E-state index contributed by atoms with van der Waals surface area (Å²) in [5.74, 6) is 0.787. The van der Waals surface area contributed by atoms with Gasteiger partial charge in [-0.25, -0.2) is 0 Å². The first-order valence-corrected chi connectivity index (χ1v) is 9.06. The van der Waals surface area contributed by atoms with Crippen LogP contribution >= 0.6 is 0 Å². The maximum Gasteiger partial charge on any atom is 0.0832 e. The Bertz CT molecular complexity index is 258. The van der Waals surface area contributed by atoms with E-state index >= 15 is 0 Å². The molecular weight excluding hydrogens is 184 g/mol. The van der Waals surface area contributed by atoms with Crippen LogP contribution in [0.1, 0.15) is 32.6 Å². The summed E-state index contributed by atoms with van der Waals surface area (Å²) in [5, 5.41) is 1.77. The zero-order valence-electron chi connectivity index (χ0n) is 9.55. The van der Waals surface area contributed by atoms with Crippen LogP contribution in [0.15, 0.2) is 23.4 Å². The molecule has 0 aromatic carbocycles. The van der Waals surface area contributed by atoms with Gasteiger partial charge in [-0.3, -0.25) is 0 Å². The third-order valence-electron chi connectivity index (χ3n) is 3.96. The van der Waals surface area contributed by atoms with Crippen molar-refractivity contribution in [3.05, 3.63) is 23.4 Å². The van der Waals surface area contributed by atoms with Crippen molar-refractivity contribution in [3.8, 4) is 0 Å². The van der Waals surface area contributed by atoms with Crippen molar-refractivity contribution in [1.29, 1.82) is 0 Å². The van der Waals surface area contributed by atoms with Gasteiger partial charge in [0.05, 0.1) is 8.07 Å². The van der Waals surface area contributed by atoms with Crippen LogP contribution in [0.2, 0.25) is 18.6 Å². The predicted octanol–water partition coefficient (Wildman–Crippen LogP) is 4.31. The maximum absolute atomic E-state index is 2.58. The normalized spacial score (nSPS) is 28.7. The second-order valence-corrected chi connectivity index (χ2v) is 9.90. The Morgan fingerprint density at radius 3 is 2.79 bits per heavy atom. The quantitative estimate of drug-likeness (QED) is 0.601. The monoisotopic (exact) mass is 206 g/mol. The van der Waals surface area contributed by atoms with E-state index in [1.54, 1.807) is 17.3 Å². The summed E-state index contributed by atoms with van der Waals surface area (Å²) < 4.78 is 0. The standard InChI is InChI=1S/C13H22Si/c1-3-4-6-12-7-8-13(11-12)14(2)9-5-10-14/h7-8,11-12H,3-6,9-10H2,1-2H3. The highest BCUT2D eigenvalue weighted by molar-refractivity contribution is 6.88. The molecule has 1 fully saturated rings. The maximum atomic E-state index is 2.58. The zero-order chi connectivity index (χ0) is 10.0. The molecule has 1 aliphatic carbocycles. The Morgan fingerprint density at radius 1 is 1.43 bits per heavy atom. The van der Waals surface area contributed by atoms with Gasteiger partial charge in [-0.2, -0.15) is 0 Å². The molecule has 2 aliphatic rings. The smallest absolute Gasteiger partial charge is 0.0784 e. The Labute approximate surface area is 89.1 Å². The fourth-order valence-corrected chi connectivity index (χ4v) is 5.69. The molecule has 0 bridgehead atoms. The average molecular weight is 206 g/mol. The van der Waals surface area contributed by atoms with E-state index < -0.39 is 8.07 Å². The lowest BCUT2D eigenvalue weighted by molar-refractivity contribution is 0.646. The van der Waals surface area contributed by atoms with Crippen LogP contribution in [0.4, 0.5) is 0 Å². The highest BCUT2D eigenvalue weighted by Crippen LogP contribution is 2.41. The Morgan fingerprint density at radius 2 is 2.21 bits per heavy atom. The van der Waals surface area contributed by atoms with Gasteiger partial charge >= 0.3 is 0 Å². The van der Waals surface area contributed by atoms with Gasteiger partial charge in [0.1, 0.15) is 0 Å². The summed E-state index contributed by atoms with van der Waals surface area (Å²) in [6, 6.07) is 3.09. The molecule has 0 nitrogen and oxygen atoms in total. The highest BCUT2D eigenvalue weighted by atomic mass is 28.3. The molecular formula is C13H22Si. The van der Waals surface area contributed by atoms with Crippen molar-refractivity contribution in [1.82, 2.24) is 0 Å². The van der Waals surface area contributed by atoms with E-state index in [-0.39, 0.29) is 0 Å². The van der Waals surface area contributed by atoms with Gasteiger partial charge in [-0.1, -0.05) is 68.2 Å².